The molecule has 0 heterocycles. The van der Waals surface area contributed by atoms with Gasteiger partial charge >= 0.3 is 0 Å². The molecule has 0 saturated heterocycles. The Kier molecular flexibility index (Phi) is 6.44. The number of hydrogen-bond acceptors (Lipinski definition) is 2. The molecule has 1 unspecified atom stereocenters. The third-order valence-electron chi connectivity index (χ3n) is 3.75. The van der Waals surface area contributed by atoms with Crippen LogP contribution in [0.5, 0.6) is 0 Å². The minimum atomic E-state index is -0.325. The molecule has 1 atom stereocenters. The molecule has 0 aliphatic carbocycles. The molecule has 1 amide bonds. The lowest BCUT2D eigenvalue weighted by Crippen LogP contribution is -2.32. The molecule has 2 aromatic rings. The van der Waals surface area contributed by atoms with Crippen LogP contribution in [0.3, 0.4) is 0 Å². The molecule has 2 aromatic carbocycles. The highest BCUT2D eigenvalue weighted by molar-refractivity contribution is 5.79. The number of nitrogens with zero attached hydrogens (tertiary/aromatic N) is 1. The average Bonchev–Trinajstić information content (AvgIpc) is 2.54. The van der Waals surface area contributed by atoms with Crippen molar-refractivity contribution in [3.05, 3.63) is 71.3 Å². The Hall–Kier alpha value is -2.27. The Labute approximate surface area is 141 Å². The van der Waals surface area contributed by atoms with E-state index in [1.807, 2.05) is 19.0 Å². The fourth-order valence-corrected chi connectivity index (χ4v) is 2.44. The van der Waals surface area contributed by atoms with E-state index in [4.69, 9.17) is 0 Å². The maximum absolute atomic E-state index is 13.1. The van der Waals surface area contributed by atoms with Crippen molar-refractivity contribution in [1.29, 1.82) is 0 Å². The second kappa shape index (κ2) is 8.55. The first-order chi connectivity index (χ1) is 11.4. The molecule has 0 fully saturated rings. The molecule has 5 heteroatoms. The highest BCUT2D eigenvalue weighted by Gasteiger charge is 2.15. The molecular weight excluding hydrogens is 310 g/mol. The van der Waals surface area contributed by atoms with Crippen molar-refractivity contribution < 1.29 is 13.6 Å². The molecule has 24 heavy (non-hydrogen) atoms. The zero-order chi connectivity index (χ0) is 17.5. The van der Waals surface area contributed by atoms with Crippen LogP contribution in [0, 0.1) is 11.6 Å². The van der Waals surface area contributed by atoms with Gasteiger partial charge in [0.15, 0.2) is 0 Å². The number of carbonyl (C=O) groups is 1. The summed E-state index contributed by atoms with van der Waals surface area (Å²) in [6, 6.07) is 11.8. The molecule has 1 N–H and O–H groups in total. The Balaban J connectivity index is 2.04. The van der Waals surface area contributed by atoms with Gasteiger partial charge in [0, 0.05) is 0 Å². The van der Waals surface area contributed by atoms with Gasteiger partial charge in [-0.3, -0.25) is 4.79 Å². The predicted octanol–water partition coefficient (Wildman–Crippen LogP) is 3.32. The molecule has 128 valence electrons. The van der Waals surface area contributed by atoms with Crippen LogP contribution in [0.25, 0.3) is 0 Å². The van der Waals surface area contributed by atoms with Crippen molar-refractivity contribution in [3.63, 3.8) is 0 Å². The Morgan fingerprint density at radius 3 is 2.08 bits per heavy atom. The normalized spacial score (nSPS) is 12.2. The van der Waals surface area contributed by atoms with E-state index in [1.165, 1.54) is 24.3 Å². The molecule has 2 rings (SSSR count). The summed E-state index contributed by atoms with van der Waals surface area (Å²) in [5, 5.41) is 2.99. The van der Waals surface area contributed by atoms with E-state index in [-0.39, 0.29) is 30.0 Å². The minimum absolute atomic E-state index is 0.144. The van der Waals surface area contributed by atoms with Gasteiger partial charge in [-0.25, -0.2) is 8.78 Å². The maximum atomic E-state index is 13.1. The molecule has 0 bridgehead atoms. The summed E-state index contributed by atoms with van der Waals surface area (Å²) in [6.45, 7) is 0.791. The number of benzene rings is 2. The van der Waals surface area contributed by atoms with Crippen LogP contribution in [0.4, 0.5) is 8.78 Å². The lowest BCUT2D eigenvalue weighted by Gasteiger charge is -2.21. The third-order valence-corrected chi connectivity index (χ3v) is 3.75. The standard InChI is InChI=1S/C19H22F2N2O/c1-23(2)12-11-18(15-5-9-17(21)10-6-15)22-19(24)13-14-3-7-16(20)8-4-14/h3-10,18H,11-13H2,1-2H3,(H,22,24). The monoisotopic (exact) mass is 332 g/mol. The van der Waals surface area contributed by atoms with Gasteiger partial charge in [-0.15, -0.1) is 0 Å². The van der Waals surface area contributed by atoms with Gasteiger partial charge in [0.1, 0.15) is 11.6 Å². The van der Waals surface area contributed by atoms with E-state index in [0.717, 1.165) is 17.7 Å². The zero-order valence-electron chi connectivity index (χ0n) is 13.9. The Bertz CT molecular complexity index is 654. The molecular formula is C19H22F2N2O. The number of rotatable bonds is 7. The quantitative estimate of drug-likeness (QED) is 0.844. The lowest BCUT2D eigenvalue weighted by molar-refractivity contribution is -0.121. The summed E-state index contributed by atoms with van der Waals surface area (Å²) in [5.74, 6) is -0.772. The average molecular weight is 332 g/mol. The van der Waals surface area contributed by atoms with Crippen molar-refractivity contribution in [2.24, 2.45) is 0 Å². The van der Waals surface area contributed by atoms with Crippen LogP contribution in [0.2, 0.25) is 0 Å². The summed E-state index contributed by atoms with van der Waals surface area (Å²) < 4.78 is 26.0. The molecule has 0 spiro atoms. The number of nitrogens with one attached hydrogen (secondary N) is 1. The van der Waals surface area contributed by atoms with Crippen LogP contribution >= 0.6 is 0 Å². The van der Waals surface area contributed by atoms with Gasteiger partial charge in [-0.1, -0.05) is 24.3 Å². The molecule has 0 aromatic heterocycles. The van der Waals surface area contributed by atoms with Crippen molar-refractivity contribution in [2.75, 3.05) is 20.6 Å². The maximum Gasteiger partial charge on any atom is 0.224 e. The number of carbonyl (C=O) groups excluding carboxylic acids is 1. The molecule has 0 aliphatic heterocycles. The summed E-state index contributed by atoms with van der Waals surface area (Å²) in [4.78, 5) is 14.3. The Morgan fingerprint density at radius 2 is 1.54 bits per heavy atom. The minimum Gasteiger partial charge on any atom is -0.349 e. The Morgan fingerprint density at radius 1 is 1.00 bits per heavy atom. The topological polar surface area (TPSA) is 32.3 Å². The second-order valence-corrected chi connectivity index (χ2v) is 6.07. The number of halogens is 2. The van der Waals surface area contributed by atoms with E-state index in [0.29, 0.717) is 6.42 Å². The van der Waals surface area contributed by atoms with Crippen LogP contribution in [0.15, 0.2) is 48.5 Å². The van der Waals surface area contributed by atoms with Gasteiger partial charge in [-0.05, 0) is 62.5 Å². The largest absolute Gasteiger partial charge is 0.349 e. The van der Waals surface area contributed by atoms with Crippen molar-refractivity contribution in [1.82, 2.24) is 10.2 Å². The van der Waals surface area contributed by atoms with Crippen LogP contribution in [0.1, 0.15) is 23.6 Å². The van der Waals surface area contributed by atoms with Gasteiger partial charge < -0.3 is 10.2 Å². The van der Waals surface area contributed by atoms with Gasteiger partial charge in [0.05, 0.1) is 12.5 Å². The highest BCUT2D eigenvalue weighted by atomic mass is 19.1. The van der Waals surface area contributed by atoms with Gasteiger partial charge in [0.25, 0.3) is 0 Å². The number of hydrogen-bond donors (Lipinski definition) is 1. The molecule has 0 aliphatic rings. The van der Waals surface area contributed by atoms with Crippen LogP contribution in [-0.2, 0) is 11.2 Å². The van der Waals surface area contributed by atoms with Crippen LogP contribution < -0.4 is 5.32 Å². The fourth-order valence-electron chi connectivity index (χ4n) is 2.44. The van der Waals surface area contributed by atoms with Crippen LogP contribution in [-0.4, -0.2) is 31.4 Å². The van der Waals surface area contributed by atoms with E-state index in [2.05, 4.69) is 5.32 Å². The zero-order valence-corrected chi connectivity index (χ0v) is 13.9. The second-order valence-electron chi connectivity index (χ2n) is 6.07. The van der Waals surface area contributed by atoms with Crippen molar-refractivity contribution >= 4 is 5.91 Å². The van der Waals surface area contributed by atoms with Crippen molar-refractivity contribution in [3.8, 4) is 0 Å². The van der Waals surface area contributed by atoms with Crippen molar-refractivity contribution in [2.45, 2.75) is 18.9 Å². The number of amides is 1. The van der Waals surface area contributed by atoms with E-state index >= 15 is 0 Å². The fraction of sp³-hybridized carbons (Fsp3) is 0.316. The SMILES string of the molecule is CN(C)CCC(NC(=O)Cc1ccc(F)cc1)c1ccc(F)cc1. The summed E-state index contributed by atoms with van der Waals surface area (Å²) in [6.07, 6.45) is 0.897. The summed E-state index contributed by atoms with van der Waals surface area (Å²) in [7, 11) is 3.92. The first-order valence-electron chi connectivity index (χ1n) is 7.88. The lowest BCUT2D eigenvalue weighted by atomic mass is 10.0. The van der Waals surface area contributed by atoms with E-state index in [1.54, 1.807) is 24.3 Å². The van der Waals surface area contributed by atoms with E-state index in [9.17, 15) is 13.6 Å². The van der Waals surface area contributed by atoms with Gasteiger partial charge in [-0.2, -0.15) is 0 Å². The summed E-state index contributed by atoms with van der Waals surface area (Å²) in [5.41, 5.74) is 1.62. The van der Waals surface area contributed by atoms with Gasteiger partial charge in [0.2, 0.25) is 5.91 Å². The first-order valence-corrected chi connectivity index (χ1v) is 7.88. The predicted molar refractivity (Wildman–Crippen MR) is 90.6 cm³/mol. The molecule has 0 radical (unpaired) electrons. The molecule has 0 saturated carbocycles. The third kappa shape index (κ3) is 5.74. The summed E-state index contributed by atoms with van der Waals surface area (Å²) >= 11 is 0. The van der Waals surface area contributed by atoms with E-state index < -0.39 is 0 Å². The molecule has 3 nitrogen and oxygen atoms in total. The highest BCUT2D eigenvalue weighted by Crippen LogP contribution is 2.18. The first kappa shape index (κ1) is 18.1. The smallest absolute Gasteiger partial charge is 0.224 e.